The lowest BCUT2D eigenvalue weighted by atomic mass is 9.81. The van der Waals surface area contributed by atoms with Crippen molar-refractivity contribution in [3.05, 3.63) is 35.9 Å². The van der Waals surface area contributed by atoms with Gasteiger partial charge in [-0.2, -0.15) is 0 Å². The summed E-state index contributed by atoms with van der Waals surface area (Å²) < 4.78 is 0. The van der Waals surface area contributed by atoms with E-state index in [1.165, 1.54) is 0 Å². The first kappa shape index (κ1) is 16.2. The second-order valence-corrected chi connectivity index (χ2v) is 5.58. The third kappa shape index (κ3) is 5.43. The number of rotatable bonds is 6. The van der Waals surface area contributed by atoms with Crippen LogP contribution in [-0.2, 0) is 10.2 Å². The Labute approximate surface area is 121 Å². The molecule has 0 saturated heterocycles. The lowest BCUT2D eigenvalue weighted by Gasteiger charge is -2.24. The van der Waals surface area contributed by atoms with E-state index in [1.807, 2.05) is 51.1 Å². The normalized spacial score (nSPS) is 10.9. The van der Waals surface area contributed by atoms with Crippen molar-refractivity contribution in [1.82, 2.24) is 10.6 Å². The van der Waals surface area contributed by atoms with Crippen molar-refractivity contribution in [3.63, 3.8) is 0 Å². The van der Waals surface area contributed by atoms with Crippen molar-refractivity contribution in [2.24, 2.45) is 0 Å². The van der Waals surface area contributed by atoms with Crippen LogP contribution in [0.2, 0.25) is 0 Å². The third-order valence-electron chi connectivity index (χ3n) is 3.23. The monoisotopic (exact) mass is 276 g/mol. The topological polar surface area (TPSA) is 58.2 Å². The minimum absolute atomic E-state index is 0.257. The molecule has 4 heteroatoms. The molecule has 0 fully saturated rings. The van der Waals surface area contributed by atoms with E-state index in [1.54, 1.807) is 0 Å². The fourth-order valence-corrected chi connectivity index (χ4v) is 1.99. The molecule has 1 aromatic carbocycles. The average molecular weight is 276 g/mol. The zero-order valence-electron chi connectivity index (χ0n) is 12.5. The van der Waals surface area contributed by atoms with Crippen LogP contribution in [0.25, 0.3) is 0 Å². The van der Waals surface area contributed by atoms with Gasteiger partial charge in [-0.05, 0) is 17.4 Å². The molecule has 0 aromatic heterocycles. The van der Waals surface area contributed by atoms with Crippen LogP contribution in [0.3, 0.4) is 0 Å². The Hall–Kier alpha value is -1.84. The van der Waals surface area contributed by atoms with E-state index in [0.717, 1.165) is 18.4 Å². The Morgan fingerprint density at radius 3 is 2.40 bits per heavy atom. The van der Waals surface area contributed by atoms with E-state index in [0.29, 0.717) is 6.54 Å². The Morgan fingerprint density at radius 1 is 1.15 bits per heavy atom. The van der Waals surface area contributed by atoms with Crippen molar-refractivity contribution >= 4 is 11.9 Å². The van der Waals surface area contributed by atoms with Crippen LogP contribution in [0.1, 0.15) is 45.6 Å². The van der Waals surface area contributed by atoms with Gasteiger partial charge in [-0.3, -0.25) is 10.1 Å². The van der Waals surface area contributed by atoms with Crippen molar-refractivity contribution in [2.45, 2.75) is 45.4 Å². The number of nitrogens with one attached hydrogen (secondary N) is 2. The predicted octanol–water partition coefficient (Wildman–Crippen LogP) is 2.98. The Morgan fingerprint density at radius 2 is 1.80 bits per heavy atom. The van der Waals surface area contributed by atoms with Crippen LogP contribution in [-0.4, -0.2) is 18.5 Å². The smallest absolute Gasteiger partial charge is 0.321 e. The van der Waals surface area contributed by atoms with Gasteiger partial charge >= 0.3 is 6.03 Å². The number of carbonyl (C=O) groups is 2. The molecule has 0 atom stereocenters. The molecule has 4 nitrogen and oxygen atoms in total. The fourth-order valence-electron chi connectivity index (χ4n) is 1.99. The Bertz CT molecular complexity index is 441. The van der Waals surface area contributed by atoms with Gasteiger partial charge in [0.2, 0.25) is 5.91 Å². The standard InChI is InChI=1S/C16H24N2O2/c1-4-5-11-17-15(20)18-14(19)12-16(2,3)13-9-7-6-8-10-13/h6-10H,4-5,11-12H2,1-3H3,(H2,17,18,19,20). The molecular formula is C16H24N2O2. The molecule has 0 aliphatic heterocycles. The number of imide groups is 1. The summed E-state index contributed by atoms with van der Waals surface area (Å²) in [6, 6.07) is 9.43. The van der Waals surface area contributed by atoms with Gasteiger partial charge in [-0.25, -0.2) is 4.79 Å². The largest absolute Gasteiger partial charge is 0.338 e. The highest BCUT2D eigenvalue weighted by Crippen LogP contribution is 2.26. The molecule has 0 spiro atoms. The van der Waals surface area contributed by atoms with E-state index in [9.17, 15) is 9.59 Å². The van der Waals surface area contributed by atoms with Crippen LogP contribution in [0.5, 0.6) is 0 Å². The van der Waals surface area contributed by atoms with Gasteiger partial charge in [-0.15, -0.1) is 0 Å². The summed E-state index contributed by atoms with van der Waals surface area (Å²) in [7, 11) is 0. The molecule has 1 rings (SSSR count). The van der Waals surface area contributed by atoms with Gasteiger partial charge in [0, 0.05) is 13.0 Å². The third-order valence-corrected chi connectivity index (χ3v) is 3.23. The highest BCUT2D eigenvalue weighted by Gasteiger charge is 2.24. The second-order valence-electron chi connectivity index (χ2n) is 5.58. The highest BCUT2D eigenvalue weighted by molar-refractivity contribution is 5.94. The molecule has 3 amide bonds. The summed E-state index contributed by atoms with van der Waals surface area (Å²) in [5.74, 6) is -0.257. The molecule has 0 radical (unpaired) electrons. The minimum atomic E-state index is -0.410. The summed E-state index contributed by atoms with van der Waals surface area (Å²) in [6.45, 7) is 6.64. The number of hydrogen-bond donors (Lipinski definition) is 2. The Balaban J connectivity index is 2.47. The number of urea groups is 1. The number of unbranched alkanes of at least 4 members (excludes halogenated alkanes) is 1. The SMILES string of the molecule is CCCCNC(=O)NC(=O)CC(C)(C)c1ccccc1. The van der Waals surface area contributed by atoms with Gasteiger partial charge in [0.05, 0.1) is 0 Å². The van der Waals surface area contributed by atoms with E-state index in [2.05, 4.69) is 10.6 Å². The lowest BCUT2D eigenvalue weighted by molar-refractivity contribution is -0.121. The molecule has 0 unspecified atom stereocenters. The van der Waals surface area contributed by atoms with Gasteiger partial charge in [-0.1, -0.05) is 57.5 Å². The van der Waals surface area contributed by atoms with Gasteiger partial charge in [0.1, 0.15) is 0 Å². The molecule has 0 aliphatic rings. The van der Waals surface area contributed by atoms with E-state index < -0.39 is 6.03 Å². The molecular weight excluding hydrogens is 252 g/mol. The molecule has 0 heterocycles. The maximum atomic E-state index is 11.9. The van der Waals surface area contributed by atoms with Crippen LogP contribution in [0.15, 0.2) is 30.3 Å². The van der Waals surface area contributed by atoms with Crippen molar-refractivity contribution < 1.29 is 9.59 Å². The van der Waals surface area contributed by atoms with Gasteiger partial charge in [0.15, 0.2) is 0 Å². The molecule has 2 N–H and O–H groups in total. The predicted molar refractivity (Wildman–Crippen MR) is 80.5 cm³/mol. The zero-order valence-corrected chi connectivity index (χ0v) is 12.5. The fraction of sp³-hybridized carbons (Fsp3) is 0.500. The maximum Gasteiger partial charge on any atom is 0.321 e. The highest BCUT2D eigenvalue weighted by atomic mass is 16.2. The van der Waals surface area contributed by atoms with E-state index in [-0.39, 0.29) is 17.7 Å². The lowest BCUT2D eigenvalue weighted by Crippen LogP contribution is -2.41. The average Bonchev–Trinajstić information content (AvgIpc) is 2.39. The molecule has 1 aromatic rings. The van der Waals surface area contributed by atoms with Crippen molar-refractivity contribution in [2.75, 3.05) is 6.54 Å². The van der Waals surface area contributed by atoms with Crippen LogP contribution in [0, 0.1) is 0 Å². The van der Waals surface area contributed by atoms with E-state index in [4.69, 9.17) is 0 Å². The first-order chi connectivity index (χ1) is 9.45. The number of benzene rings is 1. The second kappa shape index (κ2) is 7.68. The molecule has 0 bridgehead atoms. The van der Waals surface area contributed by atoms with Gasteiger partial charge in [0.25, 0.3) is 0 Å². The number of hydrogen-bond acceptors (Lipinski definition) is 2. The zero-order chi connectivity index (χ0) is 15.0. The summed E-state index contributed by atoms with van der Waals surface area (Å²) in [6.07, 6.45) is 2.20. The molecule has 110 valence electrons. The summed E-state index contributed by atoms with van der Waals surface area (Å²) in [5, 5.41) is 5.04. The molecule has 20 heavy (non-hydrogen) atoms. The number of carbonyl (C=O) groups excluding carboxylic acids is 2. The summed E-state index contributed by atoms with van der Waals surface area (Å²) >= 11 is 0. The van der Waals surface area contributed by atoms with Crippen LogP contribution in [0.4, 0.5) is 4.79 Å². The minimum Gasteiger partial charge on any atom is -0.338 e. The van der Waals surface area contributed by atoms with E-state index >= 15 is 0 Å². The van der Waals surface area contributed by atoms with Gasteiger partial charge < -0.3 is 5.32 Å². The molecule has 0 saturated carbocycles. The van der Waals surface area contributed by atoms with Crippen molar-refractivity contribution in [1.29, 1.82) is 0 Å². The van der Waals surface area contributed by atoms with Crippen LogP contribution >= 0.6 is 0 Å². The number of amides is 3. The quantitative estimate of drug-likeness (QED) is 0.785. The molecule has 0 aliphatic carbocycles. The first-order valence-corrected chi connectivity index (χ1v) is 7.09. The van der Waals surface area contributed by atoms with Crippen molar-refractivity contribution in [3.8, 4) is 0 Å². The first-order valence-electron chi connectivity index (χ1n) is 7.09. The maximum absolute atomic E-state index is 11.9. The van der Waals surface area contributed by atoms with Crippen LogP contribution < -0.4 is 10.6 Å². The summed E-state index contributed by atoms with van der Waals surface area (Å²) in [4.78, 5) is 23.4. The Kier molecular flexibility index (Phi) is 6.22. The summed E-state index contributed by atoms with van der Waals surface area (Å²) in [5.41, 5.74) is 0.788.